The lowest BCUT2D eigenvalue weighted by Gasteiger charge is -2.47. The van der Waals surface area contributed by atoms with Crippen LogP contribution in [0.1, 0.15) is 47.8 Å². The van der Waals surface area contributed by atoms with E-state index in [2.05, 4.69) is 0 Å². The molecule has 14 nitrogen and oxygen atoms in total. The van der Waals surface area contributed by atoms with Gasteiger partial charge >= 0.3 is 17.9 Å². The van der Waals surface area contributed by atoms with Crippen LogP contribution in [0.15, 0.2) is 182 Å². The van der Waals surface area contributed by atoms with Gasteiger partial charge in [0.2, 0.25) is 0 Å². The molecule has 0 aliphatic carbocycles. The van der Waals surface area contributed by atoms with Crippen LogP contribution in [0.2, 0.25) is 0 Å². The number of ether oxygens (including phenoxy) is 10. The molecule has 358 valence electrons. The van der Waals surface area contributed by atoms with Gasteiger partial charge in [0, 0.05) is 7.11 Å². The highest BCUT2D eigenvalue weighted by Gasteiger charge is 2.52. The molecule has 2 fully saturated rings. The van der Waals surface area contributed by atoms with Crippen LogP contribution >= 0.6 is 0 Å². The Balaban J connectivity index is 1.10. The van der Waals surface area contributed by atoms with Crippen LogP contribution in [0, 0.1) is 0 Å². The first-order valence-corrected chi connectivity index (χ1v) is 22.8. The summed E-state index contributed by atoms with van der Waals surface area (Å²) in [6.07, 6.45) is -9.65. The number of benzene rings is 6. The SMILES string of the molecule is CO[C@H]1O[C@H](CO[C@H]2O[C@H](COC(=O)c3ccccc3)[C@H](OC(=O)c3ccccc3)[C@H](OC(=O)c3ccccc3)[C@@H]2N)[C@@H](OCc2ccccc2)[C@H](OCc2ccccc2)[C@H]1OCc1ccccc1. The lowest BCUT2D eigenvalue weighted by atomic mass is 9.96. The van der Waals surface area contributed by atoms with Crippen LogP contribution in [-0.4, -0.2) is 99.6 Å². The Morgan fingerprint density at radius 2 is 0.797 bits per heavy atom. The van der Waals surface area contributed by atoms with Crippen molar-refractivity contribution in [3.8, 4) is 0 Å². The molecule has 10 atom stereocenters. The monoisotopic (exact) mass is 937 g/mol. The maximum Gasteiger partial charge on any atom is 0.338 e. The van der Waals surface area contributed by atoms with E-state index in [0.717, 1.165) is 16.7 Å². The summed E-state index contributed by atoms with van der Waals surface area (Å²) in [7, 11) is 1.52. The molecule has 14 heteroatoms. The van der Waals surface area contributed by atoms with Gasteiger partial charge in [0.15, 0.2) is 24.8 Å². The summed E-state index contributed by atoms with van der Waals surface area (Å²) in [5.74, 6) is -2.16. The zero-order chi connectivity index (χ0) is 47.8. The molecule has 6 aromatic carbocycles. The Morgan fingerprint density at radius 1 is 0.420 bits per heavy atom. The van der Waals surface area contributed by atoms with Gasteiger partial charge in [-0.3, -0.25) is 0 Å². The molecule has 2 N–H and O–H groups in total. The van der Waals surface area contributed by atoms with E-state index in [4.69, 9.17) is 53.1 Å². The van der Waals surface area contributed by atoms with Crippen LogP contribution < -0.4 is 5.73 Å². The Bertz CT molecular complexity index is 2490. The summed E-state index contributed by atoms with van der Waals surface area (Å²) < 4.78 is 63.9. The Morgan fingerprint density at radius 3 is 1.26 bits per heavy atom. The van der Waals surface area contributed by atoms with E-state index in [1.54, 1.807) is 91.0 Å². The largest absolute Gasteiger partial charge is 0.459 e. The van der Waals surface area contributed by atoms with Gasteiger partial charge in [-0.25, -0.2) is 14.4 Å². The zero-order valence-corrected chi connectivity index (χ0v) is 38.0. The van der Waals surface area contributed by atoms with Crippen molar-refractivity contribution >= 4 is 17.9 Å². The number of nitrogens with two attached hydrogens (primary N) is 1. The van der Waals surface area contributed by atoms with E-state index in [-0.39, 0.29) is 43.1 Å². The lowest BCUT2D eigenvalue weighted by molar-refractivity contribution is -0.333. The summed E-state index contributed by atoms with van der Waals surface area (Å²) in [4.78, 5) is 41.0. The number of methoxy groups -OCH3 is 1. The number of hydrogen-bond acceptors (Lipinski definition) is 14. The fourth-order valence-electron chi connectivity index (χ4n) is 8.11. The quantitative estimate of drug-likeness (QED) is 0.0590. The van der Waals surface area contributed by atoms with Crippen molar-refractivity contribution in [2.75, 3.05) is 20.3 Å². The van der Waals surface area contributed by atoms with Crippen molar-refractivity contribution in [1.29, 1.82) is 0 Å². The van der Waals surface area contributed by atoms with E-state index in [0.29, 0.717) is 0 Å². The second-order valence-corrected chi connectivity index (χ2v) is 16.5. The minimum absolute atomic E-state index is 0.180. The summed E-state index contributed by atoms with van der Waals surface area (Å²) in [6.45, 7) is -0.0503. The summed E-state index contributed by atoms with van der Waals surface area (Å²) in [6, 6.07) is 52.8. The van der Waals surface area contributed by atoms with Gasteiger partial charge < -0.3 is 53.1 Å². The highest BCUT2D eigenvalue weighted by atomic mass is 16.7. The van der Waals surface area contributed by atoms with E-state index < -0.39 is 85.9 Å². The van der Waals surface area contributed by atoms with Gasteiger partial charge in [-0.05, 0) is 53.1 Å². The van der Waals surface area contributed by atoms with Crippen molar-refractivity contribution in [2.45, 2.75) is 81.2 Å². The number of esters is 3. The van der Waals surface area contributed by atoms with Gasteiger partial charge in [0.1, 0.15) is 37.1 Å². The molecule has 69 heavy (non-hydrogen) atoms. The molecular weight excluding hydrogens is 883 g/mol. The highest BCUT2D eigenvalue weighted by molar-refractivity contribution is 5.91. The molecule has 0 saturated carbocycles. The molecular formula is C55H55NO13. The molecule has 2 heterocycles. The Hall–Kier alpha value is -6.59. The van der Waals surface area contributed by atoms with Crippen molar-refractivity contribution in [2.24, 2.45) is 5.73 Å². The molecule has 2 saturated heterocycles. The van der Waals surface area contributed by atoms with Crippen LogP contribution in [-0.2, 0) is 67.2 Å². The van der Waals surface area contributed by atoms with E-state index in [9.17, 15) is 14.4 Å². The smallest absolute Gasteiger partial charge is 0.338 e. The predicted octanol–water partition coefficient (Wildman–Crippen LogP) is 7.49. The molecule has 2 aliphatic heterocycles. The van der Waals surface area contributed by atoms with E-state index >= 15 is 0 Å². The first-order chi connectivity index (χ1) is 33.8. The van der Waals surface area contributed by atoms with Crippen molar-refractivity contribution < 1.29 is 61.8 Å². The fourth-order valence-corrected chi connectivity index (χ4v) is 8.11. The first-order valence-electron chi connectivity index (χ1n) is 22.8. The van der Waals surface area contributed by atoms with Gasteiger partial charge in [-0.2, -0.15) is 0 Å². The minimum Gasteiger partial charge on any atom is -0.459 e. The third kappa shape index (κ3) is 13.1. The van der Waals surface area contributed by atoms with E-state index in [1.165, 1.54) is 7.11 Å². The molecule has 2 aliphatic rings. The van der Waals surface area contributed by atoms with Crippen molar-refractivity contribution in [1.82, 2.24) is 0 Å². The molecule has 0 amide bonds. The highest BCUT2D eigenvalue weighted by Crippen LogP contribution is 2.33. The molecule has 8 rings (SSSR count). The third-order valence-corrected chi connectivity index (χ3v) is 11.7. The zero-order valence-electron chi connectivity index (χ0n) is 38.0. The topological polar surface area (TPSA) is 170 Å². The minimum atomic E-state index is -1.38. The molecule has 0 radical (unpaired) electrons. The van der Waals surface area contributed by atoms with Crippen LogP contribution in [0.3, 0.4) is 0 Å². The van der Waals surface area contributed by atoms with Gasteiger partial charge in [-0.1, -0.05) is 146 Å². The van der Waals surface area contributed by atoms with Gasteiger partial charge in [-0.15, -0.1) is 0 Å². The average molecular weight is 938 g/mol. The number of rotatable bonds is 20. The number of hydrogen-bond donors (Lipinski definition) is 1. The molecule has 0 aromatic heterocycles. The van der Waals surface area contributed by atoms with Crippen molar-refractivity contribution in [3.63, 3.8) is 0 Å². The standard InChI is InChI=1S/C55H55NO13/c1-60-55-50(63-34-39-24-12-4-13-25-39)49(62-33-38-22-10-3-11-23-38)46(61-32-37-20-8-2-9-21-37)43(67-55)36-65-54-45(56)48(69-53(59)42-30-18-7-19-31-42)47(68-52(58)41-28-16-6-17-29-41)44(66-54)35-64-51(57)40-26-14-5-15-27-40/h2-31,43-50,54-55H,32-36,56H2,1H3/t43-,44-,45+,46-,47+,48-,49+,50-,54+,55+/m1/s1. The van der Waals surface area contributed by atoms with Crippen LogP contribution in [0.5, 0.6) is 0 Å². The fraction of sp³-hybridized carbons (Fsp3) is 0.291. The molecule has 0 spiro atoms. The summed E-state index contributed by atoms with van der Waals surface area (Å²) in [5.41, 5.74) is 10.5. The molecule has 0 bridgehead atoms. The summed E-state index contributed by atoms with van der Waals surface area (Å²) >= 11 is 0. The maximum atomic E-state index is 13.8. The second-order valence-electron chi connectivity index (χ2n) is 16.5. The third-order valence-electron chi connectivity index (χ3n) is 11.7. The number of carbonyl (C=O) groups excluding carboxylic acids is 3. The van der Waals surface area contributed by atoms with Crippen LogP contribution in [0.25, 0.3) is 0 Å². The Kier molecular flexibility index (Phi) is 17.4. The Labute approximate surface area is 401 Å². The van der Waals surface area contributed by atoms with E-state index in [1.807, 2.05) is 91.0 Å². The van der Waals surface area contributed by atoms with Gasteiger partial charge in [0.05, 0.1) is 49.2 Å². The molecule has 0 unspecified atom stereocenters. The molecule has 6 aromatic rings. The lowest BCUT2D eigenvalue weighted by Crippen LogP contribution is -2.66. The normalized spacial score (nSPS) is 24.4. The predicted molar refractivity (Wildman–Crippen MR) is 251 cm³/mol. The van der Waals surface area contributed by atoms with Gasteiger partial charge in [0.25, 0.3) is 0 Å². The average Bonchev–Trinajstić information content (AvgIpc) is 3.41. The summed E-state index contributed by atoms with van der Waals surface area (Å²) in [5, 5.41) is 0. The first kappa shape index (κ1) is 48.9. The maximum absolute atomic E-state index is 13.8. The second kappa shape index (κ2) is 24.6. The number of carbonyl (C=O) groups is 3. The van der Waals surface area contributed by atoms with Crippen molar-refractivity contribution in [3.05, 3.63) is 215 Å². The van der Waals surface area contributed by atoms with Crippen LogP contribution in [0.4, 0.5) is 0 Å².